The largest absolute Gasteiger partial charge is 0.242 e. The van der Waals surface area contributed by atoms with Crippen molar-refractivity contribution in [1.82, 2.24) is 4.72 Å². The van der Waals surface area contributed by atoms with E-state index in [1.165, 1.54) is 6.07 Å². The number of halogens is 3. The number of nitrogens with one attached hydrogen (secondary N) is 1. The Labute approximate surface area is 120 Å². The Balaban J connectivity index is 2.83. The van der Waals surface area contributed by atoms with Crippen molar-refractivity contribution in [2.75, 3.05) is 11.9 Å². The molecule has 1 rings (SSSR count). The van der Waals surface area contributed by atoms with Crippen molar-refractivity contribution < 1.29 is 12.8 Å². The second-order valence-electron chi connectivity index (χ2n) is 4.01. The fraction of sp³-hybridized carbons (Fsp3) is 0.455. The predicted octanol–water partition coefficient (Wildman–Crippen LogP) is 3.18. The van der Waals surface area contributed by atoms with Crippen LogP contribution in [0, 0.1) is 11.7 Å². The first-order chi connectivity index (χ1) is 8.36. The lowest BCUT2D eigenvalue weighted by molar-refractivity contribution is 0.531. The van der Waals surface area contributed by atoms with Crippen LogP contribution in [0.4, 0.5) is 4.39 Å². The zero-order valence-electron chi connectivity index (χ0n) is 9.79. The van der Waals surface area contributed by atoms with Gasteiger partial charge in [-0.2, -0.15) is 0 Å². The number of rotatable bonds is 6. The molecule has 0 spiro atoms. The molecule has 0 radical (unpaired) electrons. The van der Waals surface area contributed by atoms with Gasteiger partial charge in [-0.25, -0.2) is 17.5 Å². The van der Waals surface area contributed by atoms with Gasteiger partial charge >= 0.3 is 0 Å². The van der Waals surface area contributed by atoms with E-state index >= 15 is 0 Å². The molecule has 1 aromatic rings. The van der Waals surface area contributed by atoms with E-state index in [9.17, 15) is 12.8 Å². The summed E-state index contributed by atoms with van der Waals surface area (Å²) in [6, 6.07) is 3.27. The van der Waals surface area contributed by atoms with Crippen LogP contribution in [-0.4, -0.2) is 20.3 Å². The van der Waals surface area contributed by atoms with Gasteiger partial charge in [-0.05, 0) is 30.5 Å². The highest BCUT2D eigenvalue weighted by Gasteiger charge is 2.19. The van der Waals surface area contributed by atoms with Gasteiger partial charge in [-0.15, -0.1) is 0 Å². The molecule has 1 unspecified atom stereocenters. The lowest BCUT2D eigenvalue weighted by Gasteiger charge is -2.12. The minimum Gasteiger partial charge on any atom is -0.211 e. The maximum absolute atomic E-state index is 13.0. The highest BCUT2D eigenvalue weighted by Crippen LogP contribution is 2.22. The van der Waals surface area contributed by atoms with Gasteiger partial charge in [0.2, 0.25) is 10.0 Å². The van der Waals surface area contributed by atoms with Gasteiger partial charge < -0.3 is 0 Å². The van der Waals surface area contributed by atoms with Crippen molar-refractivity contribution >= 4 is 37.6 Å². The summed E-state index contributed by atoms with van der Waals surface area (Å²) in [5, 5.41) is 0.813. The van der Waals surface area contributed by atoms with Crippen LogP contribution in [0.15, 0.2) is 23.1 Å². The van der Waals surface area contributed by atoms with Crippen molar-refractivity contribution in [3.63, 3.8) is 0 Å². The SMILES string of the molecule is CC(CCBr)CNS(=O)(=O)c1cc(F)ccc1Cl. The van der Waals surface area contributed by atoms with E-state index in [2.05, 4.69) is 20.7 Å². The molecule has 0 aliphatic rings. The van der Waals surface area contributed by atoms with Crippen LogP contribution in [0.5, 0.6) is 0 Å². The van der Waals surface area contributed by atoms with Gasteiger partial charge in [0.05, 0.1) is 5.02 Å². The Morgan fingerprint density at radius 1 is 1.50 bits per heavy atom. The maximum Gasteiger partial charge on any atom is 0.242 e. The van der Waals surface area contributed by atoms with E-state index in [-0.39, 0.29) is 15.8 Å². The second-order valence-corrected chi connectivity index (χ2v) is 6.95. The average Bonchev–Trinajstić information content (AvgIpc) is 2.30. The zero-order valence-corrected chi connectivity index (χ0v) is 12.9. The third kappa shape index (κ3) is 4.50. The third-order valence-electron chi connectivity index (χ3n) is 2.41. The van der Waals surface area contributed by atoms with E-state index < -0.39 is 15.8 Å². The first kappa shape index (κ1) is 15.9. The van der Waals surface area contributed by atoms with E-state index in [0.29, 0.717) is 6.54 Å². The number of hydrogen-bond acceptors (Lipinski definition) is 2. The van der Waals surface area contributed by atoms with E-state index in [1.807, 2.05) is 6.92 Å². The Hall–Kier alpha value is -0.170. The summed E-state index contributed by atoms with van der Waals surface area (Å²) in [7, 11) is -3.76. The van der Waals surface area contributed by atoms with Crippen LogP contribution in [0.25, 0.3) is 0 Å². The highest BCUT2D eigenvalue weighted by atomic mass is 79.9. The summed E-state index contributed by atoms with van der Waals surface area (Å²) in [5.41, 5.74) is 0. The summed E-state index contributed by atoms with van der Waals surface area (Å²) in [4.78, 5) is -0.227. The van der Waals surface area contributed by atoms with Gasteiger partial charge in [0.15, 0.2) is 0 Å². The fourth-order valence-corrected chi connectivity index (χ4v) is 3.76. The Morgan fingerprint density at radius 3 is 2.78 bits per heavy atom. The van der Waals surface area contributed by atoms with Gasteiger partial charge in [0.1, 0.15) is 10.7 Å². The molecule has 0 heterocycles. The molecule has 1 atom stereocenters. The molecule has 1 aromatic carbocycles. The van der Waals surface area contributed by atoms with E-state index in [1.54, 1.807) is 0 Å². The van der Waals surface area contributed by atoms with E-state index in [4.69, 9.17) is 11.6 Å². The summed E-state index contributed by atoms with van der Waals surface area (Å²) < 4.78 is 39.3. The molecule has 18 heavy (non-hydrogen) atoms. The third-order valence-corrected chi connectivity index (χ3v) is 4.77. The maximum atomic E-state index is 13.0. The minimum atomic E-state index is -3.76. The summed E-state index contributed by atoms with van der Waals surface area (Å²) in [6.45, 7) is 2.22. The first-order valence-electron chi connectivity index (χ1n) is 5.37. The molecule has 0 aliphatic heterocycles. The molecule has 0 saturated heterocycles. The van der Waals surface area contributed by atoms with Gasteiger partial charge in [-0.1, -0.05) is 34.5 Å². The highest BCUT2D eigenvalue weighted by molar-refractivity contribution is 9.09. The van der Waals surface area contributed by atoms with Crippen LogP contribution in [-0.2, 0) is 10.0 Å². The van der Waals surface area contributed by atoms with Crippen molar-refractivity contribution in [1.29, 1.82) is 0 Å². The van der Waals surface area contributed by atoms with Crippen LogP contribution in [0.3, 0.4) is 0 Å². The first-order valence-corrected chi connectivity index (χ1v) is 8.35. The standard InChI is InChI=1S/C11H14BrClFNO2S/c1-8(4-5-12)7-15-18(16,17)11-6-9(14)2-3-10(11)13/h2-3,6,8,15H,4-5,7H2,1H3. The summed E-state index contributed by atoms with van der Waals surface area (Å²) >= 11 is 9.05. The molecular weight excluding hydrogens is 345 g/mol. The minimum absolute atomic E-state index is 0.0112. The van der Waals surface area contributed by atoms with Crippen molar-refractivity contribution in [2.45, 2.75) is 18.2 Å². The molecule has 0 fully saturated rings. The monoisotopic (exact) mass is 357 g/mol. The molecule has 102 valence electrons. The molecule has 0 amide bonds. The van der Waals surface area contributed by atoms with Gasteiger partial charge in [-0.3, -0.25) is 0 Å². The van der Waals surface area contributed by atoms with Crippen molar-refractivity contribution in [3.05, 3.63) is 29.0 Å². The second kappa shape index (κ2) is 6.84. The molecule has 0 aliphatic carbocycles. The molecule has 7 heteroatoms. The Morgan fingerprint density at radius 2 is 2.17 bits per heavy atom. The van der Waals surface area contributed by atoms with Crippen LogP contribution < -0.4 is 4.72 Å². The van der Waals surface area contributed by atoms with Gasteiger partial charge in [0, 0.05) is 11.9 Å². The molecule has 1 N–H and O–H groups in total. The van der Waals surface area contributed by atoms with Crippen molar-refractivity contribution in [2.24, 2.45) is 5.92 Å². The number of alkyl halides is 1. The van der Waals surface area contributed by atoms with Crippen LogP contribution in [0.1, 0.15) is 13.3 Å². The molecular formula is C11H14BrClFNO2S. The number of benzene rings is 1. The lowest BCUT2D eigenvalue weighted by atomic mass is 10.1. The van der Waals surface area contributed by atoms with Gasteiger partial charge in [0.25, 0.3) is 0 Å². The average molecular weight is 359 g/mol. The smallest absolute Gasteiger partial charge is 0.211 e. The topological polar surface area (TPSA) is 46.2 Å². The van der Waals surface area contributed by atoms with E-state index in [0.717, 1.165) is 23.9 Å². The number of hydrogen-bond donors (Lipinski definition) is 1. The van der Waals surface area contributed by atoms with Crippen molar-refractivity contribution in [3.8, 4) is 0 Å². The predicted molar refractivity (Wildman–Crippen MR) is 74.2 cm³/mol. The fourth-order valence-electron chi connectivity index (χ4n) is 1.30. The summed E-state index contributed by atoms with van der Waals surface area (Å²) in [6.07, 6.45) is 0.847. The lowest BCUT2D eigenvalue weighted by Crippen LogP contribution is -2.29. The molecule has 0 aromatic heterocycles. The molecule has 0 bridgehead atoms. The number of sulfonamides is 1. The molecule has 3 nitrogen and oxygen atoms in total. The quantitative estimate of drug-likeness (QED) is 0.794. The zero-order chi connectivity index (χ0) is 13.8. The Bertz CT molecular complexity index is 510. The normalized spacial score (nSPS) is 13.6. The van der Waals surface area contributed by atoms with Crippen LogP contribution in [0.2, 0.25) is 5.02 Å². The van der Waals surface area contributed by atoms with Crippen LogP contribution >= 0.6 is 27.5 Å². The molecule has 0 saturated carbocycles. The Kier molecular flexibility index (Phi) is 6.04. The summed E-state index contributed by atoms with van der Waals surface area (Å²) in [5.74, 6) is -0.445.